The third kappa shape index (κ3) is 6.65. The molecule has 0 saturated carbocycles. The second kappa shape index (κ2) is 14.9. The van der Waals surface area contributed by atoms with Gasteiger partial charge >= 0.3 is 0 Å². The maximum atomic E-state index is 15.2. The summed E-state index contributed by atoms with van der Waals surface area (Å²) in [6.07, 6.45) is 9.23. The van der Waals surface area contributed by atoms with Crippen molar-refractivity contribution in [2.24, 2.45) is 0 Å². The number of benzene rings is 3. The molecule has 276 valence electrons. The Morgan fingerprint density at radius 3 is 2.43 bits per heavy atom. The maximum Gasteiger partial charge on any atom is 0.255 e. The molecule has 0 spiro atoms. The minimum atomic E-state index is -0.899. The number of quaternary nitrogens is 1. The Morgan fingerprint density at radius 1 is 0.889 bits per heavy atom. The van der Waals surface area contributed by atoms with Crippen molar-refractivity contribution in [1.29, 1.82) is 0 Å². The topological polar surface area (TPSA) is 105 Å². The van der Waals surface area contributed by atoms with Crippen LogP contribution in [0.25, 0.3) is 28.3 Å². The summed E-state index contributed by atoms with van der Waals surface area (Å²) in [6.45, 7) is 4.30. The van der Waals surface area contributed by atoms with E-state index in [-0.39, 0.29) is 17.2 Å². The van der Waals surface area contributed by atoms with Crippen LogP contribution in [0, 0.1) is 17.5 Å². The number of hydrogen-bond acceptors (Lipinski definition) is 7. The van der Waals surface area contributed by atoms with Crippen molar-refractivity contribution in [2.75, 3.05) is 43.9 Å². The summed E-state index contributed by atoms with van der Waals surface area (Å²) >= 11 is 0. The number of aromatic nitrogens is 4. The number of rotatable bonds is 9. The molecule has 3 aromatic carbocycles. The highest BCUT2D eigenvalue weighted by atomic mass is 19.1. The number of methoxy groups -OCH3 is 1. The van der Waals surface area contributed by atoms with Gasteiger partial charge in [0.2, 0.25) is 5.95 Å². The Balaban J connectivity index is 1.13. The third-order valence-corrected chi connectivity index (χ3v) is 10.7. The van der Waals surface area contributed by atoms with Gasteiger partial charge < -0.3 is 20.7 Å². The highest BCUT2D eigenvalue weighted by Gasteiger charge is 2.41. The average Bonchev–Trinajstić information content (AvgIpc) is 3.61. The number of nitrogens with one attached hydrogen (secondary N) is 3. The van der Waals surface area contributed by atoms with E-state index in [1.807, 2.05) is 6.07 Å². The summed E-state index contributed by atoms with van der Waals surface area (Å²) in [7, 11) is 1.66. The first kappa shape index (κ1) is 35.3. The molecule has 10 nitrogen and oxygen atoms in total. The van der Waals surface area contributed by atoms with Gasteiger partial charge in [-0.3, -0.25) is 13.7 Å². The molecule has 8 rings (SSSR count). The van der Waals surface area contributed by atoms with E-state index in [1.54, 1.807) is 48.2 Å². The number of likely N-dealkylation sites (tertiary alicyclic amines) is 1. The van der Waals surface area contributed by atoms with E-state index in [4.69, 9.17) is 9.72 Å². The third-order valence-electron chi connectivity index (χ3n) is 10.7. The number of carbonyl (C=O) groups is 1. The molecule has 0 radical (unpaired) electrons. The van der Waals surface area contributed by atoms with Gasteiger partial charge in [-0.2, -0.15) is 0 Å². The van der Waals surface area contributed by atoms with Crippen LogP contribution in [0.15, 0.2) is 91.3 Å². The fraction of sp³-hybridized carbons (Fsp3) is 0.268. The van der Waals surface area contributed by atoms with Gasteiger partial charge in [-0.25, -0.2) is 28.1 Å². The lowest BCUT2D eigenvalue weighted by Gasteiger charge is -2.48. The molecule has 5 heterocycles. The van der Waals surface area contributed by atoms with Crippen molar-refractivity contribution >= 4 is 34.6 Å². The molecular formula is C41H40F3N8O2+. The van der Waals surface area contributed by atoms with Crippen LogP contribution in [0.2, 0.25) is 0 Å². The molecule has 2 aliphatic rings. The number of para-hydroxylation sites is 1. The van der Waals surface area contributed by atoms with Crippen molar-refractivity contribution in [2.45, 2.75) is 38.1 Å². The molecule has 0 aliphatic carbocycles. The standard InChI is InChI=1S/C41H39F3N8O2/c1-54-35-25-29(52(22-3-2-4-23-52)28-15-18-45-19-16-28)13-14-33(35)47-41-46-20-17-34(48-41)38-36(49-39-32(44)12-7-21-51(38)39)26-8-5-9-27(24-26)40(53)50-37-30(42)10-6-11-31(37)43/h5-14,17,20-21,24-25,28,45H,2-4,15-16,18-19,22-23H2,1H3,(H-,46,47,48,50,53)/p+1. The lowest BCUT2D eigenvalue weighted by Crippen LogP contribution is -2.62. The zero-order valence-electron chi connectivity index (χ0n) is 29.8. The van der Waals surface area contributed by atoms with Gasteiger partial charge in [0.25, 0.3) is 5.91 Å². The van der Waals surface area contributed by atoms with Crippen LogP contribution in [0.4, 0.5) is 36.2 Å². The van der Waals surface area contributed by atoms with Gasteiger partial charge in [0.1, 0.15) is 28.8 Å². The molecule has 13 heteroatoms. The zero-order valence-corrected chi connectivity index (χ0v) is 29.8. The first-order valence-corrected chi connectivity index (χ1v) is 18.2. The predicted octanol–water partition coefficient (Wildman–Crippen LogP) is 8.12. The van der Waals surface area contributed by atoms with E-state index in [2.05, 4.69) is 38.1 Å². The van der Waals surface area contributed by atoms with E-state index in [0.29, 0.717) is 40.1 Å². The van der Waals surface area contributed by atoms with Crippen LogP contribution < -0.4 is 25.2 Å². The monoisotopic (exact) mass is 733 g/mol. The van der Waals surface area contributed by atoms with Crippen molar-refractivity contribution in [3.05, 3.63) is 114 Å². The van der Waals surface area contributed by atoms with Crippen LogP contribution >= 0.6 is 0 Å². The van der Waals surface area contributed by atoms with Crippen LogP contribution in [-0.4, -0.2) is 64.6 Å². The van der Waals surface area contributed by atoms with Crippen molar-refractivity contribution in [3.8, 4) is 28.4 Å². The van der Waals surface area contributed by atoms with Gasteiger partial charge in [-0.05, 0) is 67.8 Å². The molecular weight excluding hydrogens is 693 g/mol. The Labute approximate surface area is 310 Å². The molecule has 2 saturated heterocycles. The number of piperidine rings is 2. The van der Waals surface area contributed by atoms with Gasteiger partial charge in [0.05, 0.1) is 49.0 Å². The van der Waals surface area contributed by atoms with Crippen molar-refractivity contribution < 1.29 is 22.7 Å². The number of nitrogens with zero attached hydrogens (tertiary/aromatic N) is 5. The van der Waals surface area contributed by atoms with Gasteiger partial charge in [0, 0.05) is 61.6 Å². The predicted molar refractivity (Wildman–Crippen MR) is 203 cm³/mol. The number of pyridine rings is 1. The first-order chi connectivity index (χ1) is 26.3. The lowest BCUT2D eigenvalue weighted by molar-refractivity contribution is 0.102. The molecule has 6 aromatic rings. The number of carbonyl (C=O) groups excluding carboxylic acids is 1. The summed E-state index contributed by atoms with van der Waals surface area (Å²) < 4.78 is 52.4. The van der Waals surface area contributed by atoms with E-state index >= 15 is 4.39 Å². The molecule has 2 fully saturated rings. The molecule has 1 amide bonds. The quantitative estimate of drug-likeness (QED) is 0.129. The highest BCUT2D eigenvalue weighted by Crippen LogP contribution is 2.40. The second-order valence-corrected chi connectivity index (χ2v) is 13.8. The Hall–Kier alpha value is -5.79. The lowest BCUT2D eigenvalue weighted by atomic mass is 9.95. The normalized spacial score (nSPS) is 15.9. The average molecular weight is 734 g/mol. The molecule has 54 heavy (non-hydrogen) atoms. The number of hydrogen-bond donors (Lipinski definition) is 3. The number of ether oxygens (including phenoxy) is 1. The Bertz CT molecular complexity index is 2320. The molecule has 2 aliphatic heterocycles. The molecule has 0 unspecified atom stereocenters. The minimum absolute atomic E-state index is 0.0553. The summed E-state index contributed by atoms with van der Waals surface area (Å²) in [5.41, 5.74) is 3.27. The summed E-state index contributed by atoms with van der Waals surface area (Å²) in [5, 5.41) is 9.18. The minimum Gasteiger partial charge on any atom is -0.494 e. The van der Waals surface area contributed by atoms with E-state index in [0.717, 1.165) is 55.6 Å². The van der Waals surface area contributed by atoms with Crippen molar-refractivity contribution in [3.63, 3.8) is 0 Å². The van der Waals surface area contributed by atoms with Gasteiger partial charge in [-0.1, -0.05) is 18.2 Å². The summed E-state index contributed by atoms with van der Waals surface area (Å²) in [6, 6.07) is 21.2. The Morgan fingerprint density at radius 2 is 1.65 bits per heavy atom. The number of anilines is 3. The molecule has 0 atom stereocenters. The van der Waals surface area contributed by atoms with E-state index in [1.165, 1.54) is 49.2 Å². The van der Waals surface area contributed by atoms with E-state index < -0.39 is 29.0 Å². The number of amides is 1. The second-order valence-electron chi connectivity index (χ2n) is 13.8. The maximum absolute atomic E-state index is 15.2. The smallest absolute Gasteiger partial charge is 0.255 e. The van der Waals surface area contributed by atoms with Crippen LogP contribution in [0.5, 0.6) is 5.75 Å². The fourth-order valence-corrected chi connectivity index (χ4v) is 8.03. The van der Waals surface area contributed by atoms with Crippen LogP contribution in [0.1, 0.15) is 42.5 Å². The Kier molecular flexibility index (Phi) is 9.74. The highest BCUT2D eigenvalue weighted by molar-refractivity contribution is 6.05. The summed E-state index contributed by atoms with van der Waals surface area (Å²) in [5.74, 6) is -2.11. The van der Waals surface area contributed by atoms with Gasteiger partial charge in [-0.15, -0.1) is 0 Å². The van der Waals surface area contributed by atoms with Crippen molar-refractivity contribution in [1.82, 2.24) is 29.2 Å². The molecule has 0 bridgehead atoms. The number of imidazole rings is 1. The van der Waals surface area contributed by atoms with E-state index in [9.17, 15) is 13.6 Å². The number of halogens is 3. The zero-order chi connectivity index (χ0) is 37.2. The number of fused-ring (bicyclic) bond motifs is 1. The largest absolute Gasteiger partial charge is 0.494 e. The van der Waals surface area contributed by atoms with Crippen LogP contribution in [0.3, 0.4) is 0 Å². The first-order valence-electron chi connectivity index (χ1n) is 18.2. The fourth-order valence-electron chi connectivity index (χ4n) is 8.03. The SMILES string of the molecule is COc1cc([N+]2(C3CCNCC3)CCCCC2)ccc1Nc1nccc(-c2c(-c3cccc(C(=O)Nc4c(F)cccc4F)c3)nc3c(F)cccn23)n1. The summed E-state index contributed by atoms with van der Waals surface area (Å²) in [4.78, 5) is 27.2. The van der Waals surface area contributed by atoms with Gasteiger partial charge in [0.15, 0.2) is 11.5 Å². The van der Waals surface area contributed by atoms with Crippen LogP contribution in [-0.2, 0) is 0 Å². The molecule has 3 N–H and O–H groups in total. The molecule has 3 aromatic heterocycles.